The van der Waals surface area contributed by atoms with Crippen LogP contribution in [0.2, 0.25) is 0 Å². The summed E-state index contributed by atoms with van der Waals surface area (Å²) in [5.41, 5.74) is 2.72. The second kappa shape index (κ2) is 5.47. The van der Waals surface area contributed by atoms with Crippen molar-refractivity contribution in [2.75, 3.05) is 5.43 Å². The third kappa shape index (κ3) is 2.43. The number of fused-ring (bicyclic) bond motifs is 1. The number of amides is 1. The molecular weight excluding hydrogens is 417 g/mol. The zero-order valence-corrected chi connectivity index (χ0v) is 15.0. The van der Waals surface area contributed by atoms with Crippen LogP contribution in [0.1, 0.15) is 21.2 Å². The zero-order valence-electron chi connectivity index (χ0n) is 12.0. The first-order valence-electron chi connectivity index (χ1n) is 6.37. The number of aromatic nitrogens is 4. The average Bonchev–Trinajstić information content (AvgIpc) is 2.97. The SMILES string of the molecule is Cc1cc2c(=O)n(NC(=O)c3c(I)cnn3C)c(C)nc2s1. The topological polar surface area (TPSA) is 81.8 Å². The second-order valence-corrected chi connectivity index (χ2v) is 7.18. The van der Waals surface area contributed by atoms with Crippen LogP contribution in [-0.2, 0) is 7.05 Å². The van der Waals surface area contributed by atoms with E-state index in [4.69, 9.17) is 0 Å². The number of nitrogens with zero attached hydrogens (tertiary/aromatic N) is 4. The summed E-state index contributed by atoms with van der Waals surface area (Å²) in [6.07, 6.45) is 1.59. The first-order valence-corrected chi connectivity index (χ1v) is 8.26. The van der Waals surface area contributed by atoms with E-state index in [0.717, 1.165) is 4.88 Å². The molecule has 0 saturated carbocycles. The molecule has 0 aliphatic carbocycles. The molecule has 3 heterocycles. The lowest BCUT2D eigenvalue weighted by atomic mass is 10.3. The molecule has 0 aliphatic rings. The van der Waals surface area contributed by atoms with Gasteiger partial charge in [0.15, 0.2) is 0 Å². The van der Waals surface area contributed by atoms with Gasteiger partial charge in [-0.2, -0.15) is 5.10 Å². The molecule has 0 aromatic carbocycles. The highest BCUT2D eigenvalue weighted by atomic mass is 127. The van der Waals surface area contributed by atoms with E-state index in [2.05, 4.69) is 15.5 Å². The van der Waals surface area contributed by atoms with Gasteiger partial charge in [0.25, 0.3) is 11.5 Å². The average molecular weight is 429 g/mol. The molecule has 1 amide bonds. The van der Waals surface area contributed by atoms with Gasteiger partial charge in [0.1, 0.15) is 16.3 Å². The van der Waals surface area contributed by atoms with Crippen molar-refractivity contribution in [2.45, 2.75) is 13.8 Å². The summed E-state index contributed by atoms with van der Waals surface area (Å²) in [5, 5.41) is 4.53. The zero-order chi connectivity index (χ0) is 16.0. The summed E-state index contributed by atoms with van der Waals surface area (Å²) in [5.74, 6) is 0.0348. The van der Waals surface area contributed by atoms with Crippen LogP contribution in [0.4, 0.5) is 0 Å². The van der Waals surface area contributed by atoms with Gasteiger partial charge < -0.3 is 0 Å². The molecule has 0 aliphatic heterocycles. The molecule has 3 aromatic heterocycles. The van der Waals surface area contributed by atoms with Crippen LogP contribution in [-0.4, -0.2) is 25.3 Å². The molecule has 0 atom stereocenters. The Kier molecular flexibility index (Phi) is 3.77. The molecule has 0 bridgehead atoms. The minimum absolute atomic E-state index is 0.280. The van der Waals surface area contributed by atoms with Crippen molar-refractivity contribution < 1.29 is 4.79 Å². The second-order valence-electron chi connectivity index (χ2n) is 4.78. The standard InChI is InChI=1S/C13H12IN5O2S/c1-6-4-8-12(22-6)16-7(2)19(13(8)21)17-11(20)10-9(14)5-15-18(10)3/h4-5H,1-3H3,(H,17,20). The number of hydrogen-bond acceptors (Lipinski definition) is 5. The summed E-state index contributed by atoms with van der Waals surface area (Å²) >= 11 is 3.49. The van der Waals surface area contributed by atoms with Crippen molar-refractivity contribution in [1.29, 1.82) is 0 Å². The first kappa shape index (κ1) is 15.2. The van der Waals surface area contributed by atoms with E-state index >= 15 is 0 Å². The van der Waals surface area contributed by atoms with Crippen molar-refractivity contribution in [1.82, 2.24) is 19.4 Å². The molecule has 7 nitrogen and oxygen atoms in total. The number of carbonyl (C=O) groups excluding carboxylic acids is 1. The Morgan fingerprint density at radius 1 is 1.41 bits per heavy atom. The van der Waals surface area contributed by atoms with Gasteiger partial charge >= 0.3 is 0 Å². The lowest BCUT2D eigenvalue weighted by Gasteiger charge is -2.11. The van der Waals surface area contributed by atoms with Crippen LogP contribution in [0, 0.1) is 17.4 Å². The number of carbonyl (C=O) groups is 1. The van der Waals surface area contributed by atoms with Gasteiger partial charge in [-0.1, -0.05) is 0 Å². The largest absolute Gasteiger partial charge is 0.289 e. The van der Waals surface area contributed by atoms with Gasteiger partial charge in [0.2, 0.25) is 0 Å². The molecular formula is C13H12IN5O2S. The molecule has 1 N–H and O–H groups in total. The Morgan fingerprint density at radius 3 is 2.77 bits per heavy atom. The van der Waals surface area contributed by atoms with E-state index in [-0.39, 0.29) is 5.56 Å². The quantitative estimate of drug-likeness (QED) is 0.630. The van der Waals surface area contributed by atoms with E-state index < -0.39 is 5.91 Å². The van der Waals surface area contributed by atoms with Gasteiger partial charge in [-0.15, -0.1) is 11.3 Å². The molecule has 0 spiro atoms. The number of nitrogens with one attached hydrogen (secondary N) is 1. The number of hydrogen-bond donors (Lipinski definition) is 1. The summed E-state index contributed by atoms with van der Waals surface area (Å²) in [6.45, 7) is 3.60. The fourth-order valence-corrected chi connectivity index (χ4v) is 3.79. The van der Waals surface area contributed by atoms with E-state index in [1.54, 1.807) is 26.2 Å². The van der Waals surface area contributed by atoms with Crippen molar-refractivity contribution in [3.63, 3.8) is 0 Å². The molecule has 0 fully saturated rings. The maximum atomic E-state index is 12.5. The van der Waals surface area contributed by atoms with E-state index in [9.17, 15) is 9.59 Å². The highest BCUT2D eigenvalue weighted by Gasteiger charge is 2.18. The number of aryl methyl sites for hydroxylation is 3. The number of rotatable bonds is 2. The lowest BCUT2D eigenvalue weighted by Crippen LogP contribution is -2.36. The highest BCUT2D eigenvalue weighted by molar-refractivity contribution is 14.1. The number of thiophene rings is 1. The molecule has 0 unspecified atom stereocenters. The minimum atomic E-state index is -0.400. The third-order valence-corrected chi connectivity index (χ3v) is 4.91. The molecule has 3 rings (SSSR count). The van der Waals surface area contributed by atoms with Crippen molar-refractivity contribution in [2.24, 2.45) is 7.05 Å². The molecule has 9 heteroatoms. The monoisotopic (exact) mass is 429 g/mol. The van der Waals surface area contributed by atoms with Gasteiger partial charge in [-0.25, -0.2) is 9.66 Å². The lowest BCUT2D eigenvalue weighted by molar-refractivity contribution is 0.0996. The van der Waals surface area contributed by atoms with Crippen LogP contribution in [0.15, 0.2) is 17.1 Å². The van der Waals surface area contributed by atoms with Crippen LogP contribution in [0.5, 0.6) is 0 Å². The summed E-state index contributed by atoms with van der Waals surface area (Å²) < 4.78 is 3.36. The predicted octanol–water partition coefficient (Wildman–Crippen LogP) is 1.80. The summed E-state index contributed by atoms with van der Waals surface area (Å²) in [7, 11) is 1.68. The Morgan fingerprint density at radius 2 is 2.14 bits per heavy atom. The molecule has 22 heavy (non-hydrogen) atoms. The van der Waals surface area contributed by atoms with Gasteiger partial charge in [0, 0.05) is 11.9 Å². The van der Waals surface area contributed by atoms with Gasteiger partial charge in [0.05, 0.1) is 15.2 Å². The van der Waals surface area contributed by atoms with Gasteiger partial charge in [-0.3, -0.25) is 19.7 Å². The molecule has 0 saturated heterocycles. The summed E-state index contributed by atoms with van der Waals surface area (Å²) in [4.78, 5) is 31.0. The smallest absolute Gasteiger partial charge is 0.267 e. The van der Waals surface area contributed by atoms with E-state index in [1.165, 1.54) is 20.7 Å². The van der Waals surface area contributed by atoms with Gasteiger partial charge in [-0.05, 0) is 42.5 Å². The Bertz CT molecular complexity index is 936. The summed E-state index contributed by atoms with van der Waals surface area (Å²) in [6, 6.07) is 1.78. The van der Waals surface area contributed by atoms with Crippen molar-refractivity contribution in [3.05, 3.63) is 42.6 Å². The third-order valence-electron chi connectivity index (χ3n) is 3.18. The minimum Gasteiger partial charge on any atom is -0.267 e. The van der Waals surface area contributed by atoms with Crippen LogP contribution in [0.3, 0.4) is 0 Å². The maximum Gasteiger partial charge on any atom is 0.289 e. The highest BCUT2D eigenvalue weighted by Crippen LogP contribution is 2.20. The van der Waals surface area contributed by atoms with Crippen molar-refractivity contribution in [3.8, 4) is 0 Å². The fourth-order valence-electron chi connectivity index (χ4n) is 2.15. The Balaban J connectivity index is 2.08. The molecule has 114 valence electrons. The fraction of sp³-hybridized carbons (Fsp3) is 0.231. The molecule has 3 aromatic rings. The Labute approximate surface area is 143 Å². The predicted molar refractivity (Wildman–Crippen MR) is 93.0 cm³/mol. The maximum absolute atomic E-state index is 12.5. The molecule has 0 radical (unpaired) electrons. The van der Waals surface area contributed by atoms with E-state index in [0.29, 0.717) is 25.3 Å². The van der Waals surface area contributed by atoms with E-state index in [1.807, 2.05) is 29.5 Å². The van der Waals surface area contributed by atoms with Crippen LogP contribution in [0.25, 0.3) is 10.2 Å². The van der Waals surface area contributed by atoms with Crippen molar-refractivity contribution >= 4 is 50.1 Å². The van der Waals surface area contributed by atoms with Crippen LogP contribution < -0.4 is 11.0 Å². The number of halogens is 1. The van der Waals surface area contributed by atoms with Crippen LogP contribution >= 0.6 is 33.9 Å². The normalized spacial score (nSPS) is 11.1. The first-order chi connectivity index (χ1) is 10.4. The Hall–Kier alpha value is -1.75.